The van der Waals surface area contributed by atoms with Crippen LogP contribution in [-0.2, 0) is 0 Å². The highest BCUT2D eigenvalue weighted by molar-refractivity contribution is 6.03. The van der Waals surface area contributed by atoms with Crippen LogP contribution in [0, 0.1) is 0 Å². The van der Waals surface area contributed by atoms with Crippen LogP contribution in [0.1, 0.15) is 0 Å². The van der Waals surface area contributed by atoms with E-state index in [-0.39, 0.29) is 0 Å². The summed E-state index contributed by atoms with van der Waals surface area (Å²) in [6.07, 6.45) is 3.62. The van der Waals surface area contributed by atoms with Gasteiger partial charge in [-0.3, -0.25) is 9.97 Å². The third-order valence-electron chi connectivity index (χ3n) is 2.46. The van der Waals surface area contributed by atoms with Gasteiger partial charge < -0.3 is 5.73 Å². The van der Waals surface area contributed by atoms with E-state index in [0.29, 0.717) is 0 Å². The molecule has 1 aromatic carbocycles. The maximum absolute atomic E-state index is 5.77. The smallest absolute Gasteiger partial charge is 0.0965 e. The van der Waals surface area contributed by atoms with Crippen LogP contribution in [0.4, 0.5) is 5.69 Å². The van der Waals surface area contributed by atoms with Gasteiger partial charge in [0.05, 0.1) is 11.0 Å². The molecule has 0 spiro atoms. The van der Waals surface area contributed by atoms with Gasteiger partial charge in [0, 0.05) is 28.9 Å². The third kappa shape index (κ3) is 1.21. The number of rotatable bonds is 0. The molecule has 0 atom stereocenters. The fourth-order valence-corrected chi connectivity index (χ4v) is 1.74. The molecule has 0 bridgehead atoms. The van der Waals surface area contributed by atoms with Gasteiger partial charge in [-0.15, -0.1) is 0 Å². The fourth-order valence-electron chi connectivity index (χ4n) is 1.74. The lowest BCUT2D eigenvalue weighted by molar-refractivity contribution is 1.36. The Balaban J connectivity index is 2.57. The van der Waals surface area contributed by atoms with E-state index < -0.39 is 0 Å². The molecule has 3 rings (SSSR count). The van der Waals surface area contributed by atoms with Crippen molar-refractivity contribution in [3.8, 4) is 0 Å². The van der Waals surface area contributed by atoms with E-state index in [1.807, 2.05) is 36.5 Å². The van der Waals surface area contributed by atoms with Crippen LogP contribution in [0.5, 0.6) is 0 Å². The van der Waals surface area contributed by atoms with Crippen molar-refractivity contribution in [1.29, 1.82) is 0 Å². The lowest BCUT2D eigenvalue weighted by Crippen LogP contribution is -1.87. The zero-order chi connectivity index (χ0) is 10.3. The zero-order valence-electron chi connectivity index (χ0n) is 8.01. The SMILES string of the molecule is Nc1ccc2cnc3cccnc3c2c1. The zero-order valence-corrected chi connectivity index (χ0v) is 8.01. The van der Waals surface area contributed by atoms with Crippen LogP contribution in [0.15, 0.2) is 42.7 Å². The minimum absolute atomic E-state index is 0.751. The van der Waals surface area contributed by atoms with Crippen LogP contribution >= 0.6 is 0 Å². The predicted octanol–water partition coefficient (Wildman–Crippen LogP) is 2.37. The second-order valence-electron chi connectivity index (χ2n) is 3.48. The van der Waals surface area contributed by atoms with E-state index in [9.17, 15) is 0 Å². The Morgan fingerprint density at radius 1 is 1.07 bits per heavy atom. The molecule has 0 aliphatic carbocycles. The summed E-state index contributed by atoms with van der Waals surface area (Å²) in [5.74, 6) is 0. The first-order chi connectivity index (χ1) is 7.34. The quantitative estimate of drug-likeness (QED) is 0.442. The first-order valence-corrected chi connectivity index (χ1v) is 4.73. The summed E-state index contributed by atoms with van der Waals surface area (Å²) < 4.78 is 0. The van der Waals surface area contributed by atoms with Crippen LogP contribution < -0.4 is 5.73 Å². The molecule has 2 heterocycles. The molecule has 2 N–H and O–H groups in total. The van der Waals surface area contributed by atoms with Crippen LogP contribution in [0.25, 0.3) is 21.8 Å². The maximum Gasteiger partial charge on any atom is 0.0965 e. The molecular weight excluding hydrogens is 186 g/mol. The predicted molar refractivity (Wildman–Crippen MR) is 61.5 cm³/mol. The molecule has 15 heavy (non-hydrogen) atoms. The van der Waals surface area contributed by atoms with Crippen molar-refractivity contribution in [1.82, 2.24) is 9.97 Å². The molecular formula is C12H9N3. The van der Waals surface area contributed by atoms with Crippen molar-refractivity contribution in [2.24, 2.45) is 0 Å². The number of hydrogen-bond donors (Lipinski definition) is 1. The third-order valence-corrected chi connectivity index (χ3v) is 2.46. The van der Waals surface area contributed by atoms with Gasteiger partial charge in [-0.1, -0.05) is 6.07 Å². The second kappa shape index (κ2) is 2.92. The topological polar surface area (TPSA) is 51.8 Å². The Bertz CT molecular complexity index is 646. The van der Waals surface area contributed by atoms with E-state index in [0.717, 1.165) is 27.5 Å². The normalized spacial score (nSPS) is 10.9. The summed E-state index contributed by atoms with van der Waals surface area (Å²) in [6, 6.07) is 9.61. The molecule has 3 heteroatoms. The summed E-state index contributed by atoms with van der Waals surface area (Å²) in [7, 11) is 0. The molecule has 0 fully saturated rings. The lowest BCUT2D eigenvalue weighted by atomic mass is 10.1. The molecule has 0 aliphatic heterocycles. The van der Waals surface area contributed by atoms with Gasteiger partial charge in [0.15, 0.2) is 0 Å². The number of nitrogens with zero attached hydrogens (tertiary/aromatic N) is 2. The number of benzene rings is 1. The minimum Gasteiger partial charge on any atom is -0.399 e. The molecule has 3 aromatic rings. The van der Waals surface area contributed by atoms with E-state index in [1.54, 1.807) is 6.20 Å². The highest BCUT2D eigenvalue weighted by Gasteiger charge is 2.01. The van der Waals surface area contributed by atoms with Gasteiger partial charge in [-0.05, 0) is 24.3 Å². The summed E-state index contributed by atoms with van der Waals surface area (Å²) >= 11 is 0. The van der Waals surface area contributed by atoms with Gasteiger partial charge in [0.1, 0.15) is 0 Å². The summed E-state index contributed by atoms with van der Waals surface area (Å²) in [5, 5.41) is 2.12. The van der Waals surface area contributed by atoms with Crippen LogP contribution in [-0.4, -0.2) is 9.97 Å². The monoisotopic (exact) mass is 195 g/mol. The summed E-state index contributed by atoms with van der Waals surface area (Å²) in [4.78, 5) is 8.67. The highest BCUT2D eigenvalue weighted by Crippen LogP contribution is 2.23. The number of aromatic nitrogens is 2. The van der Waals surface area contributed by atoms with Gasteiger partial charge in [0.25, 0.3) is 0 Å². The Morgan fingerprint density at radius 3 is 2.93 bits per heavy atom. The number of fused-ring (bicyclic) bond motifs is 3. The van der Waals surface area contributed by atoms with Crippen LogP contribution in [0.2, 0.25) is 0 Å². The van der Waals surface area contributed by atoms with Crippen LogP contribution in [0.3, 0.4) is 0 Å². The average molecular weight is 195 g/mol. The standard InChI is InChI=1S/C12H9N3/c13-9-4-3-8-7-15-11-2-1-5-14-12(11)10(8)6-9/h1-7H,13H2. The van der Waals surface area contributed by atoms with Gasteiger partial charge >= 0.3 is 0 Å². The largest absolute Gasteiger partial charge is 0.399 e. The molecule has 3 nitrogen and oxygen atoms in total. The Labute approximate surface area is 86.6 Å². The van der Waals surface area contributed by atoms with Crippen molar-refractivity contribution in [3.05, 3.63) is 42.7 Å². The highest BCUT2D eigenvalue weighted by atomic mass is 14.7. The average Bonchev–Trinajstić information content (AvgIpc) is 2.29. The van der Waals surface area contributed by atoms with Crippen molar-refractivity contribution in [2.45, 2.75) is 0 Å². The molecule has 0 saturated heterocycles. The molecule has 0 unspecified atom stereocenters. The maximum atomic E-state index is 5.77. The van der Waals surface area contributed by atoms with Crippen molar-refractivity contribution >= 4 is 27.5 Å². The van der Waals surface area contributed by atoms with E-state index in [2.05, 4.69) is 9.97 Å². The second-order valence-corrected chi connectivity index (χ2v) is 3.48. The van der Waals surface area contributed by atoms with E-state index >= 15 is 0 Å². The fraction of sp³-hybridized carbons (Fsp3) is 0. The minimum atomic E-state index is 0.751. The number of pyridine rings is 2. The van der Waals surface area contributed by atoms with Crippen molar-refractivity contribution in [2.75, 3.05) is 5.73 Å². The van der Waals surface area contributed by atoms with Gasteiger partial charge in [0.2, 0.25) is 0 Å². The Kier molecular flexibility index (Phi) is 1.59. The summed E-state index contributed by atoms with van der Waals surface area (Å²) in [6.45, 7) is 0. The van der Waals surface area contributed by atoms with Crippen molar-refractivity contribution in [3.63, 3.8) is 0 Å². The number of nitrogen functional groups attached to an aromatic ring is 1. The lowest BCUT2D eigenvalue weighted by Gasteiger charge is -2.02. The number of anilines is 1. The number of nitrogens with two attached hydrogens (primary N) is 1. The van der Waals surface area contributed by atoms with Gasteiger partial charge in [-0.2, -0.15) is 0 Å². The molecule has 0 radical (unpaired) electrons. The van der Waals surface area contributed by atoms with E-state index in [1.165, 1.54) is 0 Å². The summed E-state index contributed by atoms with van der Waals surface area (Å²) in [5.41, 5.74) is 8.32. The molecule has 2 aromatic heterocycles. The first kappa shape index (κ1) is 8.17. The Morgan fingerprint density at radius 2 is 2.00 bits per heavy atom. The van der Waals surface area contributed by atoms with Crippen molar-refractivity contribution < 1.29 is 0 Å². The number of hydrogen-bond acceptors (Lipinski definition) is 3. The molecule has 72 valence electrons. The van der Waals surface area contributed by atoms with E-state index in [4.69, 9.17) is 5.73 Å². The molecule has 0 amide bonds. The first-order valence-electron chi connectivity index (χ1n) is 4.73. The van der Waals surface area contributed by atoms with Gasteiger partial charge in [-0.25, -0.2) is 0 Å². The molecule has 0 saturated carbocycles. The Hall–Kier alpha value is -2.16. The molecule has 0 aliphatic rings.